The molecule has 0 radical (unpaired) electrons. The molecule has 5 nitrogen and oxygen atoms in total. The number of aromatic nitrogens is 4. The third-order valence-electron chi connectivity index (χ3n) is 4.38. The number of aryl methyl sites for hydroxylation is 3. The van der Waals surface area contributed by atoms with Crippen molar-refractivity contribution in [2.75, 3.05) is 0 Å². The number of rotatable bonds is 5. The number of benzene rings is 2. The van der Waals surface area contributed by atoms with Gasteiger partial charge in [-0.1, -0.05) is 47.7 Å². The molecular weight excluding hydrogens is 356 g/mol. The van der Waals surface area contributed by atoms with Gasteiger partial charge in [0.25, 0.3) is 0 Å². The molecule has 136 valence electrons. The smallest absolute Gasteiger partial charge is 0.226 e. The van der Waals surface area contributed by atoms with Crippen molar-refractivity contribution >= 4 is 11.8 Å². The van der Waals surface area contributed by atoms with E-state index in [1.165, 1.54) is 11.1 Å². The van der Waals surface area contributed by atoms with E-state index in [9.17, 15) is 0 Å². The molecule has 4 aromatic rings. The van der Waals surface area contributed by atoms with E-state index < -0.39 is 0 Å². The van der Waals surface area contributed by atoms with Crippen LogP contribution < -0.4 is 0 Å². The third kappa shape index (κ3) is 3.66. The van der Waals surface area contributed by atoms with Crippen LogP contribution in [0.3, 0.4) is 0 Å². The molecule has 0 saturated carbocycles. The maximum Gasteiger partial charge on any atom is 0.226 e. The largest absolute Gasteiger partial charge is 0.441 e. The second-order valence-electron chi connectivity index (χ2n) is 6.45. The molecule has 2 aromatic carbocycles. The highest BCUT2D eigenvalue weighted by molar-refractivity contribution is 7.98. The Morgan fingerprint density at radius 3 is 2.63 bits per heavy atom. The van der Waals surface area contributed by atoms with Gasteiger partial charge < -0.3 is 4.42 Å². The van der Waals surface area contributed by atoms with Crippen LogP contribution in [0.15, 0.2) is 64.4 Å². The molecule has 2 aromatic heterocycles. The molecule has 0 N–H and O–H groups in total. The SMILES string of the molecule is Cc1ccc(-n2cnnc2SCc2nc(-c3ccccc3)oc2C)c(C)c1. The predicted octanol–water partition coefficient (Wildman–Crippen LogP) is 5.14. The molecular formula is C21H20N4OS. The minimum Gasteiger partial charge on any atom is -0.441 e. The van der Waals surface area contributed by atoms with Gasteiger partial charge in [0.05, 0.1) is 11.4 Å². The summed E-state index contributed by atoms with van der Waals surface area (Å²) in [5, 5.41) is 9.22. The van der Waals surface area contributed by atoms with E-state index >= 15 is 0 Å². The van der Waals surface area contributed by atoms with Crippen molar-refractivity contribution in [1.29, 1.82) is 0 Å². The Hall–Kier alpha value is -2.86. The number of oxazole rings is 1. The molecule has 27 heavy (non-hydrogen) atoms. The van der Waals surface area contributed by atoms with Crippen molar-refractivity contribution in [3.05, 3.63) is 77.4 Å². The average Bonchev–Trinajstić information content (AvgIpc) is 3.27. The summed E-state index contributed by atoms with van der Waals surface area (Å²) in [4.78, 5) is 4.67. The second kappa shape index (κ2) is 7.40. The monoisotopic (exact) mass is 376 g/mol. The number of thioether (sulfide) groups is 1. The number of hydrogen-bond donors (Lipinski definition) is 0. The summed E-state index contributed by atoms with van der Waals surface area (Å²) in [6, 6.07) is 16.3. The van der Waals surface area contributed by atoms with E-state index in [1.54, 1.807) is 18.1 Å². The normalized spacial score (nSPS) is 11.1. The van der Waals surface area contributed by atoms with E-state index in [1.807, 2.05) is 41.8 Å². The molecule has 4 rings (SSSR count). The molecule has 6 heteroatoms. The van der Waals surface area contributed by atoms with Crippen LogP contribution in [0.2, 0.25) is 0 Å². The zero-order valence-electron chi connectivity index (χ0n) is 15.5. The second-order valence-corrected chi connectivity index (χ2v) is 7.39. The highest BCUT2D eigenvalue weighted by Crippen LogP contribution is 2.28. The molecule has 0 aliphatic rings. The molecule has 0 aliphatic heterocycles. The van der Waals surface area contributed by atoms with Crippen molar-refractivity contribution in [3.8, 4) is 17.1 Å². The fourth-order valence-corrected chi connectivity index (χ4v) is 3.89. The van der Waals surface area contributed by atoms with E-state index in [2.05, 4.69) is 47.2 Å². The van der Waals surface area contributed by atoms with Crippen molar-refractivity contribution in [2.24, 2.45) is 0 Å². The molecule has 0 aliphatic carbocycles. The fourth-order valence-electron chi connectivity index (χ4n) is 2.96. The van der Waals surface area contributed by atoms with Crippen molar-refractivity contribution in [3.63, 3.8) is 0 Å². The fraction of sp³-hybridized carbons (Fsp3) is 0.190. The standard InChI is InChI=1S/C21H20N4OS/c1-14-9-10-19(15(2)11-14)25-13-22-24-21(25)27-12-18-16(3)26-20(23-18)17-7-5-4-6-8-17/h4-11,13H,12H2,1-3H3. The molecule has 0 bridgehead atoms. The maximum atomic E-state index is 5.85. The van der Waals surface area contributed by atoms with Crippen LogP contribution in [0.25, 0.3) is 17.1 Å². The first-order valence-electron chi connectivity index (χ1n) is 8.74. The minimum atomic E-state index is 0.652. The molecule has 0 amide bonds. The summed E-state index contributed by atoms with van der Waals surface area (Å²) in [5.41, 5.74) is 5.44. The van der Waals surface area contributed by atoms with Gasteiger partial charge in [-0.3, -0.25) is 4.57 Å². The molecule has 0 fully saturated rings. The zero-order chi connectivity index (χ0) is 18.8. The van der Waals surface area contributed by atoms with Crippen molar-refractivity contribution in [2.45, 2.75) is 31.7 Å². The van der Waals surface area contributed by atoms with Gasteiger partial charge in [-0.15, -0.1) is 10.2 Å². The summed E-state index contributed by atoms with van der Waals surface area (Å²) < 4.78 is 7.87. The van der Waals surface area contributed by atoms with Crippen LogP contribution in [0.5, 0.6) is 0 Å². The topological polar surface area (TPSA) is 56.7 Å². The first-order valence-corrected chi connectivity index (χ1v) is 9.72. The Bertz CT molecular complexity index is 1070. The molecule has 0 spiro atoms. The Morgan fingerprint density at radius 1 is 1.04 bits per heavy atom. The molecule has 2 heterocycles. The van der Waals surface area contributed by atoms with Crippen LogP contribution in [0.4, 0.5) is 0 Å². The lowest BCUT2D eigenvalue weighted by Crippen LogP contribution is -1.98. The summed E-state index contributed by atoms with van der Waals surface area (Å²) in [6.45, 7) is 6.14. The van der Waals surface area contributed by atoms with E-state index in [-0.39, 0.29) is 0 Å². The Morgan fingerprint density at radius 2 is 1.85 bits per heavy atom. The van der Waals surface area contributed by atoms with Gasteiger partial charge in [0.15, 0.2) is 5.16 Å². The molecule has 0 atom stereocenters. The summed E-state index contributed by atoms with van der Waals surface area (Å²) in [5.74, 6) is 2.16. The first kappa shape index (κ1) is 17.5. The van der Waals surface area contributed by atoms with E-state index in [0.29, 0.717) is 11.6 Å². The predicted molar refractivity (Wildman–Crippen MR) is 107 cm³/mol. The Kier molecular flexibility index (Phi) is 4.81. The van der Waals surface area contributed by atoms with Crippen LogP contribution in [0.1, 0.15) is 22.6 Å². The lowest BCUT2D eigenvalue weighted by Gasteiger charge is -2.09. The maximum absolute atomic E-state index is 5.85. The van der Waals surface area contributed by atoms with Gasteiger partial charge in [-0.05, 0) is 44.5 Å². The summed E-state index contributed by atoms with van der Waals surface area (Å²) in [6.07, 6.45) is 1.76. The Labute approximate surface area is 162 Å². The quantitative estimate of drug-likeness (QED) is 0.451. The summed E-state index contributed by atoms with van der Waals surface area (Å²) >= 11 is 1.60. The van der Waals surface area contributed by atoms with Gasteiger partial charge in [0.2, 0.25) is 5.89 Å². The minimum absolute atomic E-state index is 0.652. The number of nitrogens with zero attached hydrogens (tertiary/aromatic N) is 4. The molecule has 0 saturated heterocycles. The lowest BCUT2D eigenvalue weighted by atomic mass is 10.1. The first-order chi connectivity index (χ1) is 13.1. The van der Waals surface area contributed by atoms with Gasteiger partial charge in [-0.2, -0.15) is 0 Å². The Balaban J connectivity index is 1.55. The molecule has 0 unspecified atom stereocenters. The lowest BCUT2D eigenvalue weighted by molar-refractivity contribution is 0.540. The van der Waals surface area contributed by atoms with Crippen LogP contribution in [0, 0.1) is 20.8 Å². The number of hydrogen-bond acceptors (Lipinski definition) is 5. The zero-order valence-corrected chi connectivity index (χ0v) is 16.3. The van der Waals surface area contributed by atoms with Gasteiger partial charge in [0.1, 0.15) is 12.1 Å². The summed E-state index contributed by atoms with van der Waals surface area (Å²) in [7, 11) is 0. The van der Waals surface area contributed by atoms with Gasteiger partial charge in [-0.25, -0.2) is 4.98 Å². The van der Waals surface area contributed by atoms with Gasteiger partial charge >= 0.3 is 0 Å². The van der Waals surface area contributed by atoms with Crippen molar-refractivity contribution in [1.82, 2.24) is 19.7 Å². The highest BCUT2D eigenvalue weighted by atomic mass is 32.2. The van der Waals surface area contributed by atoms with Crippen LogP contribution >= 0.6 is 11.8 Å². The van der Waals surface area contributed by atoms with Crippen LogP contribution in [-0.2, 0) is 5.75 Å². The van der Waals surface area contributed by atoms with E-state index in [0.717, 1.165) is 27.9 Å². The van der Waals surface area contributed by atoms with E-state index in [4.69, 9.17) is 4.42 Å². The van der Waals surface area contributed by atoms with Crippen molar-refractivity contribution < 1.29 is 4.42 Å². The van der Waals surface area contributed by atoms with Crippen LogP contribution in [-0.4, -0.2) is 19.7 Å². The average molecular weight is 376 g/mol. The third-order valence-corrected chi connectivity index (χ3v) is 5.33. The highest BCUT2D eigenvalue weighted by Gasteiger charge is 2.14. The van der Waals surface area contributed by atoms with Gasteiger partial charge in [0, 0.05) is 11.3 Å².